The summed E-state index contributed by atoms with van der Waals surface area (Å²) < 4.78 is 12.8. The summed E-state index contributed by atoms with van der Waals surface area (Å²) in [5.41, 5.74) is 0.277. The second-order valence-electron chi connectivity index (χ2n) is 7.10. The molecule has 160 valence electrons. The molecule has 0 aliphatic carbocycles. The molecular weight excluding hydrogens is 528 g/mol. The maximum atomic E-state index is 12.5. The van der Waals surface area contributed by atoms with E-state index >= 15 is 0 Å². The normalized spacial score (nSPS) is 16.1. The van der Waals surface area contributed by atoms with Crippen molar-refractivity contribution < 1.29 is 18.9 Å². The SMILES string of the molecule is CC(C)C[C@H](NC(=O)CNC(=O)c1cc(Br)cc(Br)c1Cl)B1OCCNCCO1. The summed E-state index contributed by atoms with van der Waals surface area (Å²) >= 11 is 12.8. The van der Waals surface area contributed by atoms with Gasteiger partial charge >= 0.3 is 7.12 Å². The van der Waals surface area contributed by atoms with E-state index < -0.39 is 13.0 Å². The van der Waals surface area contributed by atoms with E-state index in [1.807, 2.05) is 0 Å². The van der Waals surface area contributed by atoms with Crippen molar-refractivity contribution in [3.63, 3.8) is 0 Å². The molecule has 1 saturated heterocycles. The van der Waals surface area contributed by atoms with Crippen LogP contribution in [-0.2, 0) is 14.1 Å². The van der Waals surface area contributed by atoms with Crippen molar-refractivity contribution in [2.24, 2.45) is 5.92 Å². The molecule has 1 fully saturated rings. The first kappa shape index (κ1) is 24.6. The molecule has 1 atom stereocenters. The van der Waals surface area contributed by atoms with Gasteiger partial charge in [0.2, 0.25) is 5.91 Å². The number of amides is 2. The number of hydrogen-bond donors (Lipinski definition) is 3. The Morgan fingerprint density at radius 1 is 1.24 bits per heavy atom. The van der Waals surface area contributed by atoms with E-state index in [0.717, 1.165) is 13.1 Å². The zero-order chi connectivity index (χ0) is 21.4. The molecule has 0 aromatic heterocycles. The predicted octanol–water partition coefficient (Wildman–Crippen LogP) is 2.79. The molecule has 0 radical (unpaired) electrons. The number of nitrogens with one attached hydrogen (secondary N) is 3. The highest BCUT2D eigenvalue weighted by molar-refractivity contribution is 9.11. The van der Waals surface area contributed by atoms with Crippen LogP contribution in [0.2, 0.25) is 5.02 Å². The van der Waals surface area contributed by atoms with Gasteiger partial charge in [-0.2, -0.15) is 0 Å². The Kier molecular flexibility index (Phi) is 10.4. The Bertz CT molecular complexity index is 719. The van der Waals surface area contributed by atoms with Crippen LogP contribution < -0.4 is 16.0 Å². The van der Waals surface area contributed by atoms with Crippen LogP contribution >= 0.6 is 43.5 Å². The third-order valence-electron chi connectivity index (χ3n) is 4.17. The van der Waals surface area contributed by atoms with Crippen molar-refractivity contribution in [3.8, 4) is 0 Å². The maximum absolute atomic E-state index is 12.5. The van der Waals surface area contributed by atoms with Crippen LogP contribution in [0.1, 0.15) is 30.6 Å². The first-order chi connectivity index (χ1) is 13.8. The molecule has 1 aliphatic heterocycles. The molecule has 2 amide bonds. The fourth-order valence-electron chi connectivity index (χ4n) is 2.88. The summed E-state index contributed by atoms with van der Waals surface area (Å²) in [7, 11) is -0.519. The average molecular weight is 553 g/mol. The molecule has 1 aliphatic rings. The van der Waals surface area contributed by atoms with Crippen LogP contribution in [0.15, 0.2) is 21.1 Å². The van der Waals surface area contributed by atoms with Crippen molar-refractivity contribution in [2.75, 3.05) is 32.8 Å². The highest BCUT2D eigenvalue weighted by atomic mass is 79.9. The predicted molar refractivity (Wildman–Crippen MR) is 121 cm³/mol. The number of benzene rings is 1. The van der Waals surface area contributed by atoms with Crippen LogP contribution in [-0.4, -0.2) is 57.7 Å². The number of rotatable bonds is 7. The molecule has 0 saturated carbocycles. The molecule has 1 aromatic carbocycles. The molecule has 2 rings (SSSR count). The van der Waals surface area contributed by atoms with Gasteiger partial charge in [0.25, 0.3) is 5.91 Å². The topological polar surface area (TPSA) is 88.7 Å². The molecule has 0 unspecified atom stereocenters. The van der Waals surface area contributed by atoms with Gasteiger partial charge in [0, 0.05) is 35.2 Å². The van der Waals surface area contributed by atoms with E-state index in [0.29, 0.717) is 34.5 Å². The Balaban J connectivity index is 1.96. The molecule has 3 N–H and O–H groups in total. The van der Waals surface area contributed by atoms with Crippen molar-refractivity contribution in [1.29, 1.82) is 0 Å². The number of carbonyl (C=O) groups is 2. The smallest absolute Gasteiger partial charge is 0.408 e. The molecule has 1 heterocycles. The Morgan fingerprint density at radius 2 is 1.90 bits per heavy atom. The van der Waals surface area contributed by atoms with Gasteiger partial charge < -0.3 is 25.3 Å². The molecule has 11 heteroatoms. The van der Waals surface area contributed by atoms with Crippen LogP contribution in [0.5, 0.6) is 0 Å². The highest BCUT2D eigenvalue weighted by Crippen LogP contribution is 2.30. The average Bonchev–Trinajstić information content (AvgIpc) is 2.61. The van der Waals surface area contributed by atoms with E-state index in [1.54, 1.807) is 12.1 Å². The fraction of sp³-hybridized carbons (Fsp3) is 0.556. The van der Waals surface area contributed by atoms with Crippen LogP contribution in [0.3, 0.4) is 0 Å². The standard InChI is InChI=1S/C18H25BBr2ClN3O4/c1-11(2)7-15(19-28-5-3-23-4-6-29-19)25-16(26)10-24-18(27)13-8-12(20)9-14(21)17(13)22/h8-9,11,15,23H,3-7,10H2,1-2H3,(H,24,27)(H,25,26)/t15-/m0/s1. The summed E-state index contributed by atoms with van der Waals surface area (Å²) in [6.07, 6.45) is 0.697. The summed E-state index contributed by atoms with van der Waals surface area (Å²) in [5, 5.41) is 9.02. The Morgan fingerprint density at radius 3 is 2.52 bits per heavy atom. The zero-order valence-electron chi connectivity index (χ0n) is 16.4. The van der Waals surface area contributed by atoms with Gasteiger partial charge in [0.05, 0.1) is 23.1 Å². The lowest BCUT2D eigenvalue weighted by atomic mass is 9.73. The molecule has 7 nitrogen and oxygen atoms in total. The first-order valence-electron chi connectivity index (χ1n) is 9.44. The summed E-state index contributed by atoms with van der Waals surface area (Å²) in [5.74, 6) is -0.719. The van der Waals surface area contributed by atoms with Crippen molar-refractivity contribution in [3.05, 3.63) is 31.7 Å². The van der Waals surface area contributed by atoms with Gasteiger partial charge in [-0.05, 0) is 40.4 Å². The molecule has 1 aromatic rings. The van der Waals surface area contributed by atoms with E-state index in [1.165, 1.54) is 0 Å². The van der Waals surface area contributed by atoms with Gasteiger partial charge in [0.15, 0.2) is 0 Å². The van der Waals surface area contributed by atoms with Gasteiger partial charge in [-0.25, -0.2) is 0 Å². The van der Waals surface area contributed by atoms with E-state index in [-0.39, 0.29) is 29.0 Å². The lowest BCUT2D eigenvalue weighted by Crippen LogP contribution is -2.53. The van der Waals surface area contributed by atoms with Crippen LogP contribution in [0.25, 0.3) is 0 Å². The third-order valence-corrected chi connectivity index (χ3v) is 5.89. The van der Waals surface area contributed by atoms with Gasteiger partial charge in [-0.15, -0.1) is 0 Å². The monoisotopic (exact) mass is 551 g/mol. The van der Waals surface area contributed by atoms with Crippen LogP contribution in [0, 0.1) is 5.92 Å². The lowest BCUT2D eigenvalue weighted by molar-refractivity contribution is -0.120. The van der Waals surface area contributed by atoms with E-state index in [4.69, 9.17) is 20.9 Å². The van der Waals surface area contributed by atoms with Gasteiger partial charge in [-0.1, -0.05) is 41.4 Å². The molecule has 0 bridgehead atoms. The molecule has 29 heavy (non-hydrogen) atoms. The van der Waals surface area contributed by atoms with Crippen molar-refractivity contribution in [1.82, 2.24) is 16.0 Å². The summed E-state index contributed by atoms with van der Waals surface area (Å²) in [6, 6.07) is 3.35. The van der Waals surface area contributed by atoms with E-state index in [2.05, 4.69) is 61.7 Å². The quantitative estimate of drug-likeness (QED) is 0.357. The lowest BCUT2D eigenvalue weighted by Gasteiger charge is -2.27. The second kappa shape index (κ2) is 12.3. The largest absolute Gasteiger partial charge is 0.480 e. The zero-order valence-corrected chi connectivity index (χ0v) is 20.3. The third kappa shape index (κ3) is 8.18. The van der Waals surface area contributed by atoms with Crippen LogP contribution in [0.4, 0.5) is 0 Å². The summed E-state index contributed by atoms with van der Waals surface area (Å²) in [4.78, 5) is 24.9. The minimum absolute atomic E-state index is 0.178. The molecule has 0 spiro atoms. The fourth-order valence-corrected chi connectivity index (χ4v) is 4.30. The number of hydrogen-bond acceptors (Lipinski definition) is 5. The van der Waals surface area contributed by atoms with Gasteiger partial charge in [0.1, 0.15) is 0 Å². The second-order valence-corrected chi connectivity index (χ2v) is 9.24. The number of carbonyl (C=O) groups excluding carboxylic acids is 2. The Hall–Kier alpha value is -0.645. The van der Waals surface area contributed by atoms with E-state index in [9.17, 15) is 9.59 Å². The summed E-state index contributed by atoms with van der Waals surface area (Å²) in [6.45, 7) is 6.44. The minimum Gasteiger partial charge on any atom is -0.408 e. The maximum Gasteiger partial charge on any atom is 0.480 e. The molecular formula is C18H25BBr2ClN3O4. The first-order valence-corrected chi connectivity index (χ1v) is 11.4. The van der Waals surface area contributed by atoms with Crippen molar-refractivity contribution >= 4 is 62.4 Å². The highest BCUT2D eigenvalue weighted by Gasteiger charge is 2.33. The van der Waals surface area contributed by atoms with Gasteiger partial charge in [-0.3, -0.25) is 9.59 Å². The van der Waals surface area contributed by atoms with Crippen molar-refractivity contribution in [2.45, 2.75) is 26.2 Å². The minimum atomic E-state index is -0.519. The Labute approximate surface area is 193 Å². The number of halogens is 3.